The topological polar surface area (TPSA) is 66.5 Å². The minimum Gasteiger partial charge on any atom is -0.459 e. The van der Waals surface area contributed by atoms with Crippen LogP contribution in [0, 0.1) is 5.92 Å². The van der Waals surface area contributed by atoms with Crippen LogP contribution in [-0.4, -0.2) is 30.4 Å². The summed E-state index contributed by atoms with van der Waals surface area (Å²) in [4.78, 5) is 11.8. The zero-order valence-corrected chi connectivity index (χ0v) is 12.0. The first-order valence-corrected chi connectivity index (χ1v) is 6.75. The van der Waals surface area contributed by atoms with Crippen molar-refractivity contribution in [2.24, 2.45) is 5.92 Å². The van der Waals surface area contributed by atoms with Crippen LogP contribution in [0.4, 0.5) is 5.69 Å². The van der Waals surface area contributed by atoms with Gasteiger partial charge in [0.2, 0.25) is 0 Å². The molecule has 2 N–H and O–H groups in total. The van der Waals surface area contributed by atoms with E-state index in [1.165, 1.54) is 0 Å². The number of nitrogens with two attached hydrogens (primary N) is 1. The fourth-order valence-electron chi connectivity index (χ4n) is 1.65. The Morgan fingerprint density at radius 3 is 2.74 bits per heavy atom. The Labute approximate surface area is 114 Å². The second kappa shape index (κ2) is 7.84. The highest BCUT2D eigenvalue weighted by Crippen LogP contribution is 2.11. The number of ether oxygens (including phenoxy) is 2. The number of anilines is 1. The molecular formula is C14H24N2O3. The van der Waals surface area contributed by atoms with Crippen molar-refractivity contribution in [3.63, 3.8) is 0 Å². The molecule has 0 aliphatic carbocycles. The molecule has 0 radical (unpaired) electrons. The highest BCUT2D eigenvalue weighted by molar-refractivity contribution is 5.89. The van der Waals surface area contributed by atoms with Gasteiger partial charge in [0.1, 0.15) is 12.3 Å². The quantitative estimate of drug-likeness (QED) is 0.580. The maximum atomic E-state index is 11.8. The molecule has 108 valence electrons. The van der Waals surface area contributed by atoms with E-state index in [4.69, 9.17) is 15.2 Å². The highest BCUT2D eigenvalue weighted by atomic mass is 16.6. The highest BCUT2D eigenvalue weighted by Gasteiger charge is 2.13. The van der Waals surface area contributed by atoms with E-state index >= 15 is 0 Å². The summed E-state index contributed by atoms with van der Waals surface area (Å²) in [5.41, 5.74) is 6.72. The zero-order valence-electron chi connectivity index (χ0n) is 12.0. The molecule has 1 heterocycles. The summed E-state index contributed by atoms with van der Waals surface area (Å²) in [6.45, 7) is 8.33. The van der Waals surface area contributed by atoms with Gasteiger partial charge >= 0.3 is 5.97 Å². The first kappa shape index (κ1) is 15.6. The van der Waals surface area contributed by atoms with E-state index in [2.05, 4.69) is 13.8 Å². The van der Waals surface area contributed by atoms with Crippen molar-refractivity contribution in [3.05, 3.63) is 18.0 Å². The Kier molecular flexibility index (Phi) is 6.42. The number of nitrogens with zero attached hydrogens (tertiary/aromatic N) is 1. The normalized spacial score (nSPS) is 10.9. The van der Waals surface area contributed by atoms with Crippen molar-refractivity contribution < 1.29 is 14.3 Å². The van der Waals surface area contributed by atoms with Gasteiger partial charge in [-0.3, -0.25) is 0 Å². The molecule has 19 heavy (non-hydrogen) atoms. The number of nitrogen functional groups attached to an aromatic ring is 1. The molecule has 0 aliphatic rings. The number of rotatable bonds is 8. The van der Waals surface area contributed by atoms with Crippen LogP contribution in [0.3, 0.4) is 0 Å². The summed E-state index contributed by atoms with van der Waals surface area (Å²) in [6.07, 6.45) is 2.75. The Morgan fingerprint density at radius 2 is 2.11 bits per heavy atom. The third-order valence-electron chi connectivity index (χ3n) is 2.77. The molecule has 0 spiro atoms. The van der Waals surface area contributed by atoms with Crippen LogP contribution in [0.25, 0.3) is 0 Å². The molecule has 0 fully saturated rings. The first-order chi connectivity index (χ1) is 9.04. The largest absolute Gasteiger partial charge is 0.459 e. The lowest BCUT2D eigenvalue weighted by atomic mass is 10.1. The van der Waals surface area contributed by atoms with Crippen molar-refractivity contribution in [2.75, 3.05) is 25.6 Å². The first-order valence-electron chi connectivity index (χ1n) is 6.75. The van der Waals surface area contributed by atoms with Gasteiger partial charge in [0.05, 0.1) is 12.3 Å². The molecular weight excluding hydrogens is 244 g/mol. The lowest BCUT2D eigenvalue weighted by molar-refractivity contribution is 0.0293. The van der Waals surface area contributed by atoms with Crippen LogP contribution in [0.5, 0.6) is 0 Å². The molecule has 5 heteroatoms. The summed E-state index contributed by atoms with van der Waals surface area (Å²) < 4.78 is 12.3. The predicted octanol–water partition coefficient (Wildman–Crippen LogP) is 2.31. The fraction of sp³-hybridized carbons (Fsp3) is 0.643. The Bertz CT molecular complexity index is 399. The average Bonchev–Trinajstić information content (AvgIpc) is 2.74. The number of aryl methyl sites for hydroxylation is 1. The van der Waals surface area contributed by atoms with Gasteiger partial charge in [-0.25, -0.2) is 4.79 Å². The minimum absolute atomic E-state index is 0.270. The van der Waals surface area contributed by atoms with Gasteiger partial charge in [0.15, 0.2) is 0 Å². The number of hydrogen-bond donors (Lipinski definition) is 1. The molecule has 0 aliphatic heterocycles. The molecule has 1 aromatic heterocycles. The second-order valence-electron chi connectivity index (χ2n) is 4.88. The van der Waals surface area contributed by atoms with E-state index in [1.807, 2.05) is 6.92 Å². The zero-order chi connectivity index (χ0) is 14.3. The monoisotopic (exact) mass is 268 g/mol. The van der Waals surface area contributed by atoms with Gasteiger partial charge in [0.25, 0.3) is 0 Å². The summed E-state index contributed by atoms with van der Waals surface area (Å²) in [7, 11) is 0. The standard InChI is InChI=1S/C14H24N2O3/c1-4-16-10-12(15)9-13(16)14(17)19-8-7-18-6-5-11(2)3/h9-11H,4-8,15H2,1-3H3. The van der Waals surface area contributed by atoms with Crippen LogP contribution in [-0.2, 0) is 16.0 Å². The Balaban J connectivity index is 2.27. The predicted molar refractivity (Wildman–Crippen MR) is 75.1 cm³/mol. The number of esters is 1. The van der Waals surface area contributed by atoms with E-state index in [-0.39, 0.29) is 12.6 Å². The van der Waals surface area contributed by atoms with Crippen LogP contribution in [0.1, 0.15) is 37.7 Å². The number of carbonyl (C=O) groups is 1. The lowest BCUT2D eigenvalue weighted by Crippen LogP contribution is -2.15. The number of aromatic nitrogens is 1. The van der Waals surface area contributed by atoms with Gasteiger partial charge in [-0.15, -0.1) is 0 Å². The minimum atomic E-state index is -0.356. The Morgan fingerprint density at radius 1 is 1.37 bits per heavy atom. The fourth-order valence-corrected chi connectivity index (χ4v) is 1.65. The molecule has 0 bridgehead atoms. The molecule has 0 saturated carbocycles. The summed E-state index contributed by atoms with van der Waals surface area (Å²) in [5.74, 6) is 0.268. The van der Waals surface area contributed by atoms with Gasteiger partial charge < -0.3 is 19.8 Å². The van der Waals surface area contributed by atoms with Crippen molar-refractivity contribution in [1.29, 1.82) is 0 Å². The molecule has 5 nitrogen and oxygen atoms in total. The number of carbonyl (C=O) groups excluding carboxylic acids is 1. The molecule has 1 rings (SSSR count). The summed E-state index contributed by atoms with van der Waals surface area (Å²) >= 11 is 0. The van der Waals surface area contributed by atoms with Crippen LogP contribution >= 0.6 is 0 Å². The summed E-state index contributed by atoms with van der Waals surface area (Å²) in [6, 6.07) is 1.63. The maximum absolute atomic E-state index is 11.8. The molecule has 0 aromatic carbocycles. The average molecular weight is 268 g/mol. The molecule has 1 aromatic rings. The summed E-state index contributed by atoms with van der Waals surface area (Å²) in [5, 5.41) is 0. The van der Waals surface area contributed by atoms with Crippen molar-refractivity contribution in [3.8, 4) is 0 Å². The van der Waals surface area contributed by atoms with E-state index < -0.39 is 0 Å². The third-order valence-corrected chi connectivity index (χ3v) is 2.77. The SMILES string of the molecule is CCn1cc(N)cc1C(=O)OCCOCCC(C)C. The van der Waals surface area contributed by atoms with E-state index in [0.29, 0.717) is 37.1 Å². The smallest absolute Gasteiger partial charge is 0.355 e. The molecule has 0 amide bonds. The van der Waals surface area contributed by atoms with Crippen LogP contribution in [0.2, 0.25) is 0 Å². The van der Waals surface area contributed by atoms with Gasteiger partial charge in [-0.1, -0.05) is 13.8 Å². The van der Waals surface area contributed by atoms with Gasteiger partial charge in [-0.2, -0.15) is 0 Å². The number of hydrogen-bond acceptors (Lipinski definition) is 4. The van der Waals surface area contributed by atoms with Crippen LogP contribution < -0.4 is 5.73 Å². The van der Waals surface area contributed by atoms with Crippen LogP contribution in [0.15, 0.2) is 12.3 Å². The molecule has 0 atom stereocenters. The second-order valence-corrected chi connectivity index (χ2v) is 4.88. The van der Waals surface area contributed by atoms with Crippen molar-refractivity contribution in [2.45, 2.75) is 33.7 Å². The van der Waals surface area contributed by atoms with Gasteiger partial charge in [0, 0.05) is 19.3 Å². The molecule has 0 unspecified atom stereocenters. The molecule has 0 saturated heterocycles. The van der Waals surface area contributed by atoms with E-state index in [9.17, 15) is 4.79 Å². The lowest BCUT2D eigenvalue weighted by Gasteiger charge is -2.08. The van der Waals surface area contributed by atoms with E-state index in [0.717, 1.165) is 6.42 Å². The van der Waals surface area contributed by atoms with E-state index in [1.54, 1.807) is 16.8 Å². The van der Waals surface area contributed by atoms with Gasteiger partial charge in [-0.05, 0) is 25.3 Å². The maximum Gasteiger partial charge on any atom is 0.355 e. The Hall–Kier alpha value is -1.49. The van der Waals surface area contributed by atoms with Crippen molar-refractivity contribution in [1.82, 2.24) is 4.57 Å². The third kappa shape index (κ3) is 5.34. The van der Waals surface area contributed by atoms with Crippen molar-refractivity contribution >= 4 is 11.7 Å².